The van der Waals surface area contributed by atoms with Crippen molar-refractivity contribution < 1.29 is 9.53 Å². The molecule has 4 aliphatic rings. The molecular formula is C24H40O2. The second kappa shape index (κ2) is 7.22. The van der Waals surface area contributed by atoms with Gasteiger partial charge in [0.15, 0.2) is 0 Å². The zero-order chi connectivity index (χ0) is 18.4. The number of ether oxygens (including phenoxy) is 1. The molecule has 4 fully saturated rings. The SMILES string of the molecule is CCCCCOC1CC[C@H]2[C@@H]3CCC4CC(=O)CC[C@]4(C)[C@@H]3CC[C@]12C. The van der Waals surface area contributed by atoms with Crippen molar-refractivity contribution >= 4 is 5.78 Å². The highest BCUT2D eigenvalue weighted by atomic mass is 16.5. The number of carbonyl (C=O) groups excluding carboxylic acids is 1. The van der Waals surface area contributed by atoms with Crippen LogP contribution in [0.5, 0.6) is 0 Å². The molecule has 26 heavy (non-hydrogen) atoms. The fourth-order valence-electron chi connectivity index (χ4n) is 7.85. The number of carbonyl (C=O) groups is 1. The highest BCUT2D eigenvalue weighted by Crippen LogP contribution is 2.66. The van der Waals surface area contributed by atoms with Crippen molar-refractivity contribution in [1.29, 1.82) is 0 Å². The van der Waals surface area contributed by atoms with Crippen LogP contribution in [0.2, 0.25) is 0 Å². The number of hydrogen-bond acceptors (Lipinski definition) is 2. The Morgan fingerprint density at radius 2 is 1.77 bits per heavy atom. The second-order valence-corrected chi connectivity index (χ2v) is 10.6. The van der Waals surface area contributed by atoms with Gasteiger partial charge >= 0.3 is 0 Å². The second-order valence-electron chi connectivity index (χ2n) is 10.6. The summed E-state index contributed by atoms with van der Waals surface area (Å²) in [6, 6.07) is 0. The highest BCUT2D eigenvalue weighted by molar-refractivity contribution is 5.79. The molecule has 2 heteroatoms. The Hall–Kier alpha value is -0.370. The largest absolute Gasteiger partial charge is 0.378 e. The molecule has 0 radical (unpaired) electrons. The maximum absolute atomic E-state index is 12.0. The van der Waals surface area contributed by atoms with E-state index in [1.54, 1.807) is 0 Å². The van der Waals surface area contributed by atoms with E-state index in [9.17, 15) is 4.79 Å². The van der Waals surface area contributed by atoms with Gasteiger partial charge in [-0.05, 0) is 85.9 Å². The van der Waals surface area contributed by atoms with Crippen LogP contribution in [0, 0.1) is 34.5 Å². The van der Waals surface area contributed by atoms with Crippen molar-refractivity contribution in [3.8, 4) is 0 Å². The normalized spacial score (nSPS) is 48.0. The lowest BCUT2D eigenvalue weighted by molar-refractivity contribution is -0.145. The molecule has 4 aliphatic carbocycles. The molecule has 2 nitrogen and oxygen atoms in total. The number of Topliss-reactive ketones (excluding diaryl/α,β-unsaturated/α-hetero) is 1. The van der Waals surface area contributed by atoms with Crippen LogP contribution < -0.4 is 0 Å². The molecule has 4 rings (SSSR count). The molecule has 4 saturated carbocycles. The number of fused-ring (bicyclic) bond motifs is 5. The minimum absolute atomic E-state index is 0.418. The molecule has 0 spiro atoms. The topological polar surface area (TPSA) is 26.3 Å². The van der Waals surface area contributed by atoms with E-state index in [1.165, 1.54) is 57.8 Å². The van der Waals surface area contributed by atoms with Crippen molar-refractivity contribution in [3.05, 3.63) is 0 Å². The van der Waals surface area contributed by atoms with E-state index in [4.69, 9.17) is 4.74 Å². The number of ketones is 1. The quantitative estimate of drug-likeness (QED) is 0.548. The van der Waals surface area contributed by atoms with Crippen LogP contribution in [0.3, 0.4) is 0 Å². The van der Waals surface area contributed by atoms with Crippen LogP contribution in [-0.2, 0) is 9.53 Å². The Kier molecular flexibility index (Phi) is 5.27. The molecule has 0 bridgehead atoms. The molecule has 0 aromatic heterocycles. The van der Waals surface area contributed by atoms with E-state index in [0.717, 1.165) is 43.6 Å². The lowest BCUT2D eigenvalue weighted by Crippen LogP contribution is -2.54. The third-order valence-corrected chi connectivity index (χ3v) is 9.46. The van der Waals surface area contributed by atoms with E-state index in [-0.39, 0.29) is 0 Å². The van der Waals surface area contributed by atoms with Gasteiger partial charge in [0.1, 0.15) is 5.78 Å². The predicted molar refractivity (Wildman–Crippen MR) is 106 cm³/mol. The summed E-state index contributed by atoms with van der Waals surface area (Å²) < 4.78 is 6.46. The minimum Gasteiger partial charge on any atom is -0.378 e. The summed E-state index contributed by atoms with van der Waals surface area (Å²) in [7, 11) is 0. The first-order valence-corrected chi connectivity index (χ1v) is 11.6. The summed E-state index contributed by atoms with van der Waals surface area (Å²) in [6.07, 6.45) is 15.3. The smallest absolute Gasteiger partial charge is 0.133 e. The lowest BCUT2D eigenvalue weighted by Gasteiger charge is -2.60. The molecule has 148 valence electrons. The number of hydrogen-bond donors (Lipinski definition) is 0. The fraction of sp³-hybridized carbons (Fsp3) is 0.958. The molecule has 0 aliphatic heterocycles. The summed E-state index contributed by atoms with van der Waals surface area (Å²) in [5.41, 5.74) is 0.860. The summed E-state index contributed by atoms with van der Waals surface area (Å²) in [6.45, 7) is 8.35. The van der Waals surface area contributed by atoms with Crippen LogP contribution in [-0.4, -0.2) is 18.5 Å². The molecule has 0 heterocycles. The Balaban J connectivity index is 1.46. The van der Waals surface area contributed by atoms with Gasteiger partial charge in [0.25, 0.3) is 0 Å². The maximum Gasteiger partial charge on any atom is 0.133 e. The standard InChI is InChI=1S/C24H40O2/c1-4-5-6-15-26-22-10-9-20-19-8-7-17-16-18(25)11-13-23(17,2)21(19)12-14-24(20,22)3/h17,19-22H,4-16H2,1-3H3/t17?,19-,20-,21+,22?,23-,24-/m0/s1. The minimum atomic E-state index is 0.418. The first-order chi connectivity index (χ1) is 12.5. The molecular weight excluding hydrogens is 320 g/mol. The van der Waals surface area contributed by atoms with Gasteiger partial charge in [-0.25, -0.2) is 0 Å². The average Bonchev–Trinajstić information content (AvgIpc) is 2.96. The van der Waals surface area contributed by atoms with E-state index < -0.39 is 0 Å². The first kappa shape index (κ1) is 19.0. The molecule has 0 saturated heterocycles. The fourth-order valence-corrected chi connectivity index (χ4v) is 7.85. The monoisotopic (exact) mass is 360 g/mol. The number of rotatable bonds is 5. The molecule has 0 N–H and O–H groups in total. The first-order valence-electron chi connectivity index (χ1n) is 11.6. The van der Waals surface area contributed by atoms with E-state index in [1.807, 2.05) is 0 Å². The van der Waals surface area contributed by atoms with Crippen molar-refractivity contribution in [3.63, 3.8) is 0 Å². The van der Waals surface area contributed by atoms with Gasteiger partial charge in [-0.2, -0.15) is 0 Å². The maximum atomic E-state index is 12.0. The number of unbranched alkanes of at least 4 members (excludes halogenated alkanes) is 2. The van der Waals surface area contributed by atoms with Crippen molar-refractivity contribution in [2.24, 2.45) is 34.5 Å². The van der Waals surface area contributed by atoms with Gasteiger partial charge in [0, 0.05) is 19.4 Å². The summed E-state index contributed by atoms with van der Waals surface area (Å²) in [5, 5.41) is 0. The molecule has 2 unspecified atom stereocenters. The van der Waals surface area contributed by atoms with Gasteiger partial charge in [0.2, 0.25) is 0 Å². The Morgan fingerprint density at radius 3 is 2.58 bits per heavy atom. The van der Waals surface area contributed by atoms with Gasteiger partial charge in [-0.3, -0.25) is 4.79 Å². The zero-order valence-electron chi connectivity index (χ0n) is 17.4. The molecule has 0 aromatic rings. The summed E-state index contributed by atoms with van der Waals surface area (Å²) in [5.74, 6) is 3.84. The molecule has 0 aromatic carbocycles. The van der Waals surface area contributed by atoms with Gasteiger partial charge < -0.3 is 4.74 Å². The van der Waals surface area contributed by atoms with Crippen LogP contribution in [0.1, 0.15) is 97.8 Å². The van der Waals surface area contributed by atoms with Gasteiger partial charge in [-0.1, -0.05) is 33.6 Å². The van der Waals surface area contributed by atoms with Crippen molar-refractivity contribution in [2.75, 3.05) is 6.61 Å². The van der Waals surface area contributed by atoms with Crippen LogP contribution in [0.4, 0.5) is 0 Å². The highest BCUT2D eigenvalue weighted by Gasteiger charge is 2.60. The van der Waals surface area contributed by atoms with E-state index in [0.29, 0.717) is 28.6 Å². The van der Waals surface area contributed by atoms with Crippen LogP contribution in [0.25, 0.3) is 0 Å². The van der Waals surface area contributed by atoms with Crippen molar-refractivity contribution in [2.45, 2.75) is 104 Å². The molecule has 7 atom stereocenters. The third kappa shape index (κ3) is 2.99. The van der Waals surface area contributed by atoms with Crippen LogP contribution in [0.15, 0.2) is 0 Å². The Morgan fingerprint density at radius 1 is 0.962 bits per heavy atom. The van der Waals surface area contributed by atoms with Crippen molar-refractivity contribution in [1.82, 2.24) is 0 Å². The average molecular weight is 361 g/mol. The predicted octanol–water partition coefficient (Wildman–Crippen LogP) is 6.17. The Bertz CT molecular complexity index is 528. The summed E-state index contributed by atoms with van der Waals surface area (Å²) >= 11 is 0. The van der Waals surface area contributed by atoms with E-state index in [2.05, 4.69) is 20.8 Å². The van der Waals surface area contributed by atoms with Gasteiger partial charge in [0.05, 0.1) is 6.10 Å². The summed E-state index contributed by atoms with van der Waals surface area (Å²) in [4.78, 5) is 12.0. The van der Waals surface area contributed by atoms with Crippen LogP contribution >= 0.6 is 0 Å². The Labute approximate surface area is 160 Å². The molecule has 0 amide bonds. The van der Waals surface area contributed by atoms with Gasteiger partial charge in [-0.15, -0.1) is 0 Å². The zero-order valence-corrected chi connectivity index (χ0v) is 17.4. The third-order valence-electron chi connectivity index (χ3n) is 9.46. The lowest BCUT2D eigenvalue weighted by atomic mass is 9.45. The van der Waals surface area contributed by atoms with E-state index >= 15 is 0 Å².